The van der Waals surface area contributed by atoms with Crippen molar-refractivity contribution >= 4 is 55.5 Å². The molecule has 0 aliphatic carbocycles. The van der Waals surface area contributed by atoms with E-state index in [9.17, 15) is 14.0 Å². The van der Waals surface area contributed by atoms with Gasteiger partial charge in [0.2, 0.25) is 0 Å². The zero-order chi connectivity index (χ0) is 33.6. The van der Waals surface area contributed by atoms with Crippen LogP contribution in [0, 0.1) is 5.82 Å². The number of hydrogen-bond donors (Lipinski definition) is 2. The van der Waals surface area contributed by atoms with Crippen LogP contribution in [-0.4, -0.2) is 71.4 Å². The Morgan fingerprint density at radius 3 is 2.10 bits per heavy atom. The number of aromatic nitrogens is 3. The summed E-state index contributed by atoms with van der Waals surface area (Å²) in [7, 11) is 3.14. The van der Waals surface area contributed by atoms with Crippen molar-refractivity contribution in [2.24, 2.45) is 0 Å². The highest BCUT2D eigenvalue weighted by Crippen LogP contribution is 2.33. The normalized spacial score (nSPS) is 13.7. The van der Waals surface area contributed by atoms with Crippen LogP contribution in [0.25, 0.3) is 32.7 Å². The number of fused-ring (bicyclic) bond motifs is 3. The van der Waals surface area contributed by atoms with Gasteiger partial charge in [0, 0.05) is 53.1 Å². The zero-order valence-electron chi connectivity index (χ0n) is 26.6. The van der Waals surface area contributed by atoms with Crippen LogP contribution in [0.3, 0.4) is 0 Å². The van der Waals surface area contributed by atoms with E-state index in [-0.39, 0.29) is 17.4 Å². The number of pyridine rings is 2. The number of halogens is 2. The Kier molecular flexibility index (Phi) is 10.1. The van der Waals surface area contributed by atoms with E-state index in [0.29, 0.717) is 35.2 Å². The van der Waals surface area contributed by atoms with Crippen molar-refractivity contribution in [1.82, 2.24) is 25.2 Å². The number of aromatic amines is 1. The summed E-state index contributed by atoms with van der Waals surface area (Å²) < 4.78 is 24.1. The summed E-state index contributed by atoms with van der Waals surface area (Å²) in [6.07, 6.45) is 4.11. The summed E-state index contributed by atoms with van der Waals surface area (Å²) >= 11 is 5.38. The Morgan fingerprint density at radius 1 is 0.875 bits per heavy atom. The molecule has 1 amide bonds. The highest BCUT2D eigenvalue weighted by molar-refractivity contribution is 6.67. The van der Waals surface area contributed by atoms with E-state index in [0.717, 1.165) is 59.7 Å². The number of rotatable bonds is 8. The zero-order valence-corrected chi connectivity index (χ0v) is 27.4. The predicted octanol–water partition coefficient (Wildman–Crippen LogP) is 7.10. The average Bonchev–Trinajstić information content (AvgIpc) is 3.54. The molecule has 1 saturated heterocycles. The SMILES string of the molecule is COc1cc(C(=O)Cl)nc2ccccc12.COc1cc(C(=O)NCCN2CCC(c3c[nH]c4cc(F)ccc34)CC2)nc2ccccc12. The number of nitrogens with zero attached hydrogens (tertiary/aromatic N) is 3. The molecule has 0 unspecified atom stereocenters. The molecule has 0 atom stereocenters. The predicted molar refractivity (Wildman–Crippen MR) is 186 cm³/mol. The number of nitrogens with one attached hydrogen (secondary N) is 2. The van der Waals surface area contributed by atoms with Crippen molar-refractivity contribution in [3.05, 3.63) is 108 Å². The lowest BCUT2D eigenvalue weighted by molar-refractivity contribution is 0.0940. The number of carbonyl (C=O) groups is 2. The minimum absolute atomic E-state index is 0.194. The second kappa shape index (κ2) is 14.8. The highest BCUT2D eigenvalue weighted by Gasteiger charge is 2.23. The molecule has 11 heteroatoms. The molecule has 4 heterocycles. The van der Waals surface area contributed by atoms with Gasteiger partial charge in [0.05, 0.1) is 25.3 Å². The molecule has 1 fully saturated rings. The number of benzene rings is 3. The summed E-state index contributed by atoms with van der Waals surface area (Å²) in [6, 6.07) is 23.2. The van der Waals surface area contributed by atoms with Crippen molar-refractivity contribution in [3.8, 4) is 11.5 Å². The summed E-state index contributed by atoms with van der Waals surface area (Å²) in [5.74, 6) is 1.30. The molecular formula is C37H35ClFN5O4. The largest absolute Gasteiger partial charge is 0.496 e. The first-order chi connectivity index (χ1) is 23.3. The first-order valence-corrected chi connectivity index (χ1v) is 16.1. The molecule has 3 aromatic carbocycles. The fourth-order valence-electron chi connectivity index (χ4n) is 6.19. The van der Waals surface area contributed by atoms with E-state index in [1.165, 1.54) is 17.7 Å². The molecule has 9 nitrogen and oxygen atoms in total. The van der Waals surface area contributed by atoms with Gasteiger partial charge in [0.15, 0.2) is 0 Å². The Hall–Kier alpha value is -5.06. The lowest BCUT2D eigenvalue weighted by Crippen LogP contribution is -2.39. The molecule has 0 radical (unpaired) electrons. The van der Waals surface area contributed by atoms with Crippen LogP contribution in [0.1, 0.15) is 45.3 Å². The standard InChI is InChI=1S/C26H27FN4O2.C11H8ClNO2/c1-33-25-15-24(30-22-5-3-2-4-20(22)25)26(32)28-10-13-31-11-8-17(9-12-31)21-16-29-23-14-18(27)6-7-19(21)23;1-15-10-6-9(11(12)14)13-8-5-3-2-4-7(8)10/h2-7,14-17,29H,8-13H2,1H3,(H,28,32);2-6H,1H3. The van der Waals surface area contributed by atoms with Crippen LogP contribution >= 0.6 is 11.6 Å². The monoisotopic (exact) mass is 667 g/mol. The molecule has 246 valence electrons. The number of hydrogen-bond acceptors (Lipinski definition) is 7. The molecule has 0 saturated carbocycles. The van der Waals surface area contributed by atoms with E-state index < -0.39 is 5.24 Å². The van der Waals surface area contributed by atoms with Gasteiger partial charge in [-0.3, -0.25) is 9.59 Å². The summed E-state index contributed by atoms with van der Waals surface area (Å²) in [6.45, 7) is 3.29. The van der Waals surface area contributed by atoms with Gasteiger partial charge in [0.25, 0.3) is 11.1 Å². The lowest BCUT2D eigenvalue weighted by atomic mass is 9.89. The highest BCUT2D eigenvalue weighted by atomic mass is 35.5. The number of methoxy groups -OCH3 is 2. The quantitative estimate of drug-likeness (QED) is 0.167. The molecule has 48 heavy (non-hydrogen) atoms. The van der Waals surface area contributed by atoms with Crippen LogP contribution < -0.4 is 14.8 Å². The van der Waals surface area contributed by atoms with Crippen molar-refractivity contribution in [2.45, 2.75) is 18.8 Å². The third-order valence-electron chi connectivity index (χ3n) is 8.65. The molecular weight excluding hydrogens is 633 g/mol. The van der Waals surface area contributed by atoms with E-state index in [1.54, 1.807) is 32.4 Å². The van der Waals surface area contributed by atoms with Crippen molar-refractivity contribution < 1.29 is 23.5 Å². The minimum Gasteiger partial charge on any atom is -0.496 e. The number of carbonyl (C=O) groups excluding carboxylic acids is 2. The molecule has 0 spiro atoms. The first-order valence-electron chi connectivity index (χ1n) is 15.7. The average molecular weight is 668 g/mol. The number of likely N-dealkylation sites (tertiary alicyclic amines) is 1. The third-order valence-corrected chi connectivity index (χ3v) is 8.84. The van der Waals surface area contributed by atoms with Crippen molar-refractivity contribution in [1.29, 1.82) is 0 Å². The van der Waals surface area contributed by atoms with Crippen molar-refractivity contribution in [3.63, 3.8) is 0 Å². The molecule has 6 aromatic rings. The van der Waals surface area contributed by atoms with E-state index in [1.807, 2.05) is 54.7 Å². The number of para-hydroxylation sites is 2. The second-order valence-electron chi connectivity index (χ2n) is 11.5. The third kappa shape index (κ3) is 7.25. The van der Waals surface area contributed by atoms with E-state index in [4.69, 9.17) is 21.1 Å². The maximum Gasteiger partial charge on any atom is 0.270 e. The maximum atomic E-state index is 13.5. The lowest BCUT2D eigenvalue weighted by Gasteiger charge is -2.31. The fourth-order valence-corrected chi connectivity index (χ4v) is 6.28. The van der Waals surface area contributed by atoms with E-state index in [2.05, 4.69) is 25.2 Å². The Morgan fingerprint density at radius 2 is 1.48 bits per heavy atom. The fraction of sp³-hybridized carbons (Fsp3) is 0.243. The van der Waals surface area contributed by atoms with Gasteiger partial charge in [0.1, 0.15) is 28.7 Å². The Balaban J connectivity index is 0.000000223. The maximum absolute atomic E-state index is 13.5. The van der Waals surface area contributed by atoms with Gasteiger partial charge < -0.3 is 24.7 Å². The van der Waals surface area contributed by atoms with Gasteiger partial charge >= 0.3 is 0 Å². The topological polar surface area (TPSA) is 109 Å². The minimum atomic E-state index is -0.584. The molecule has 1 aliphatic heterocycles. The van der Waals surface area contributed by atoms with Crippen LogP contribution in [-0.2, 0) is 0 Å². The molecule has 0 bridgehead atoms. The number of piperidine rings is 1. The molecule has 1 aliphatic rings. The Labute approximate surface area is 282 Å². The van der Waals surface area contributed by atoms with Crippen LogP contribution in [0.15, 0.2) is 85.1 Å². The first kappa shape index (κ1) is 32.9. The summed E-state index contributed by atoms with van der Waals surface area (Å²) in [5.41, 5.74) is 4.13. The Bertz CT molecular complexity index is 2090. The summed E-state index contributed by atoms with van der Waals surface area (Å²) in [5, 5.41) is 5.27. The molecule has 2 N–H and O–H groups in total. The molecule has 7 rings (SSSR count). The smallest absolute Gasteiger partial charge is 0.270 e. The van der Waals surface area contributed by atoms with Crippen LogP contribution in [0.5, 0.6) is 11.5 Å². The second-order valence-corrected chi connectivity index (χ2v) is 11.9. The number of amides is 1. The van der Waals surface area contributed by atoms with Gasteiger partial charge in [-0.2, -0.15) is 0 Å². The van der Waals surface area contributed by atoms with Gasteiger partial charge in [-0.1, -0.05) is 24.3 Å². The van der Waals surface area contributed by atoms with Gasteiger partial charge in [-0.15, -0.1) is 0 Å². The van der Waals surface area contributed by atoms with Crippen LogP contribution in [0.2, 0.25) is 0 Å². The van der Waals surface area contributed by atoms with Crippen LogP contribution in [0.4, 0.5) is 4.39 Å². The van der Waals surface area contributed by atoms with Crippen molar-refractivity contribution in [2.75, 3.05) is 40.4 Å². The van der Waals surface area contributed by atoms with E-state index >= 15 is 0 Å². The summed E-state index contributed by atoms with van der Waals surface area (Å²) in [4.78, 5) is 37.9. The number of H-pyrrole nitrogens is 1. The number of ether oxygens (including phenoxy) is 2. The van der Waals surface area contributed by atoms with Gasteiger partial charge in [-0.05, 0) is 91.5 Å². The molecule has 3 aromatic heterocycles. The van der Waals surface area contributed by atoms with Gasteiger partial charge in [-0.25, -0.2) is 14.4 Å².